The first kappa shape index (κ1) is 18.1. The second-order valence-electron chi connectivity index (χ2n) is 7.02. The van der Waals surface area contributed by atoms with Gasteiger partial charge in [0.05, 0.1) is 6.54 Å². The number of hydrogen-bond acceptors (Lipinski definition) is 3. The minimum Gasteiger partial charge on any atom is -0.487 e. The van der Waals surface area contributed by atoms with Gasteiger partial charge in [-0.25, -0.2) is 0 Å². The highest BCUT2D eigenvalue weighted by atomic mass is 35.5. The molecule has 1 unspecified atom stereocenters. The summed E-state index contributed by atoms with van der Waals surface area (Å²) in [5.41, 5.74) is 10.9. The first-order chi connectivity index (χ1) is 13.2. The van der Waals surface area contributed by atoms with Crippen LogP contribution < -0.4 is 10.5 Å². The molecule has 4 rings (SSSR count). The van der Waals surface area contributed by atoms with Crippen LogP contribution in [0.25, 0.3) is 0 Å². The van der Waals surface area contributed by atoms with E-state index >= 15 is 0 Å². The van der Waals surface area contributed by atoms with Crippen LogP contribution in [0.15, 0.2) is 54.6 Å². The lowest BCUT2D eigenvalue weighted by Gasteiger charge is -2.23. The van der Waals surface area contributed by atoms with E-state index in [1.807, 2.05) is 42.5 Å². The average Bonchev–Trinajstić information content (AvgIpc) is 3.06. The summed E-state index contributed by atoms with van der Waals surface area (Å²) in [6.07, 6.45) is 3.31. The molecular formula is C22H24ClN3O. The van der Waals surface area contributed by atoms with Crippen LogP contribution in [-0.4, -0.2) is 16.3 Å². The molecule has 1 aromatic heterocycles. The van der Waals surface area contributed by atoms with Crippen LogP contribution in [-0.2, 0) is 19.6 Å². The maximum atomic E-state index is 6.08. The molecule has 0 saturated carbocycles. The van der Waals surface area contributed by atoms with Crippen LogP contribution in [0.2, 0.25) is 5.02 Å². The smallest absolute Gasteiger partial charge is 0.132 e. The summed E-state index contributed by atoms with van der Waals surface area (Å²) in [7, 11) is 0. The molecule has 0 amide bonds. The number of rotatable bonds is 6. The van der Waals surface area contributed by atoms with Crippen LogP contribution in [0.5, 0.6) is 5.75 Å². The standard InChI is InChI=1S/C22H24ClN3O/c23-18-11-9-16(10-12-18)14-26-21-8-4-5-17(13-24)22(21)20(25-26)15-27-19-6-2-1-3-7-19/h1-3,6-7,9-12,17H,4-5,8,13-15,24H2. The number of halogens is 1. The first-order valence-electron chi connectivity index (χ1n) is 9.45. The van der Waals surface area contributed by atoms with Gasteiger partial charge in [-0.2, -0.15) is 5.10 Å². The van der Waals surface area contributed by atoms with Crippen molar-refractivity contribution in [3.63, 3.8) is 0 Å². The summed E-state index contributed by atoms with van der Waals surface area (Å²) in [6, 6.07) is 17.8. The van der Waals surface area contributed by atoms with Crippen molar-refractivity contribution in [2.45, 2.75) is 38.3 Å². The lowest BCUT2D eigenvalue weighted by atomic mass is 9.85. The number of hydrogen-bond donors (Lipinski definition) is 1. The van der Waals surface area contributed by atoms with Crippen molar-refractivity contribution in [2.24, 2.45) is 5.73 Å². The minimum atomic E-state index is 0.363. The van der Waals surface area contributed by atoms with Crippen molar-refractivity contribution in [1.82, 2.24) is 9.78 Å². The average molecular weight is 382 g/mol. The second-order valence-corrected chi connectivity index (χ2v) is 7.45. The molecule has 0 aliphatic heterocycles. The molecule has 0 saturated heterocycles. The van der Waals surface area contributed by atoms with E-state index in [1.165, 1.54) is 16.8 Å². The Labute approximate surface area is 164 Å². The van der Waals surface area contributed by atoms with Gasteiger partial charge in [0, 0.05) is 16.3 Å². The number of nitrogens with two attached hydrogens (primary N) is 1. The van der Waals surface area contributed by atoms with Gasteiger partial charge in [0.25, 0.3) is 0 Å². The number of aromatic nitrogens is 2. The van der Waals surface area contributed by atoms with Crippen molar-refractivity contribution in [2.75, 3.05) is 6.54 Å². The molecule has 2 N–H and O–H groups in total. The van der Waals surface area contributed by atoms with Crippen LogP contribution in [0.1, 0.15) is 41.3 Å². The second kappa shape index (κ2) is 8.15. The summed E-state index contributed by atoms with van der Waals surface area (Å²) in [5, 5.41) is 5.68. The Hall–Kier alpha value is -2.30. The van der Waals surface area contributed by atoms with Crippen molar-refractivity contribution >= 4 is 11.6 Å². The van der Waals surface area contributed by atoms with Gasteiger partial charge in [-0.1, -0.05) is 41.9 Å². The lowest BCUT2D eigenvalue weighted by molar-refractivity contribution is 0.297. The third-order valence-electron chi connectivity index (χ3n) is 5.20. The molecule has 5 heteroatoms. The number of benzene rings is 2. The number of para-hydroxylation sites is 1. The van der Waals surface area contributed by atoms with E-state index in [0.717, 1.165) is 42.3 Å². The zero-order valence-corrected chi connectivity index (χ0v) is 16.0. The predicted molar refractivity (Wildman–Crippen MR) is 108 cm³/mol. The van der Waals surface area contributed by atoms with Crippen LogP contribution >= 0.6 is 11.6 Å². The zero-order chi connectivity index (χ0) is 18.6. The molecule has 2 aromatic carbocycles. The Kier molecular flexibility index (Phi) is 5.46. The zero-order valence-electron chi connectivity index (χ0n) is 15.3. The molecule has 27 heavy (non-hydrogen) atoms. The van der Waals surface area contributed by atoms with Crippen LogP contribution in [0.3, 0.4) is 0 Å². The van der Waals surface area contributed by atoms with Gasteiger partial charge >= 0.3 is 0 Å². The molecule has 4 nitrogen and oxygen atoms in total. The minimum absolute atomic E-state index is 0.363. The van der Waals surface area contributed by atoms with Gasteiger partial charge in [0.15, 0.2) is 0 Å². The molecule has 140 valence electrons. The van der Waals surface area contributed by atoms with Crippen molar-refractivity contribution in [3.8, 4) is 5.75 Å². The summed E-state index contributed by atoms with van der Waals surface area (Å²) in [5.74, 6) is 1.22. The summed E-state index contributed by atoms with van der Waals surface area (Å²) in [6.45, 7) is 1.86. The van der Waals surface area contributed by atoms with Crippen LogP contribution in [0, 0.1) is 0 Å². The molecule has 0 fully saturated rings. The third-order valence-corrected chi connectivity index (χ3v) is 5.45. The van der Waals surface area contributed by atoms with Gasteiger partial charge in [0.1, 0.15) is 18.1 Å². The number of nitrogens with zero attached hydrogens (tertiary/aromatic N) is 2. The Morgan fingerprint density at radius 1 is 1.11 bits per heavy atom. The van der Waals surface area contributed by atoms with E-state index in [9.17, 15) is 0 Å². The van der Waals surface area contributed by atoms with Crippen LogP contribution in [0.4, 0.5) is 0 Å². The van der Waals surface area contributed by atoms with E-state index in [4.69, 9.17) is 27.2 Å². The molecule has 1 atom stereocenters. The molecular weight excluding hydrogens is 358 g/mol. The van der Waals surface area contributed by atoms with Crippen molar-refractivity contribution in [3.05, 3.63) is 82.1 Å². The highest BCUT2D eigenvalue weighted by molar-refractivity contribution is 6.30. The monoisotopic (exact) mass is 381 g/mol. The number of fused-ring (bicyclic) bond motifs is 1. The molecule has 3 aromatic rings. The van der Waals surface area contributed by atoms with Gasteiger partial charge in [-0.3, -0.25) is 4.68 Å². The van der Waals surface area contributed by atoms with Gasteiger partial charge < -0.3 is 10.5 Å². The Morgan fingerprint density at radius 3 is 2.63 bits per heavy atom. The fourth-order valence-corrected chi connectivity index (χ4v) is 3.99. The van der Waals surface area contributed by atoms with E-state index in [-0.39, 0.29) is 0 Å². The highest BCUT2D eigenvalue weighted by Gasteiger charge is 2.28. The summed E-state index contributed by atoms with van der Waals surface area (Å²) < 4.78 is 8.13. The largest absolute Gasteiger partial charge is 0.487 e. The quantitative estimate of drug-likeness (QED) is 0.681. The van der Waals surface area contributed by atoms with Gasteiger partial charge in [-0.15, -0.1) is 0 Å². The topological polar surface area (TPSA) is 53.1 Å². The fourth-order valence-electron chi connectivity index (χ4n) is 3.87. The number of ether oxygens (including phenoxy) is 1. The molecule has 1 aliphatic carbocycles. The van der Waals surface area contributed by atoms with Crippen molar-refractivity contribution < 1.29 is 4.74 Å². The van der Waals surface area contributed by atoms with E-state index < -0.39 is 0 Å². The van der Waals surface area contributed by atoms with E-state index in [1.54, 1.807) is 0 Å². The van der Waals surface area contributed by atoms with E-state index in [2.05, 4.69) is 16.8 Å². The summed E-state index contributed by atoms with van der Waals surface area (Å²) >= 11 is 6.02. The van der Waals surface area contributed by atoms with Gasteiger partial charge in [0.2, 0.25) is 0 Å². The highest BCUT2D eigenvalue weighted by Crippen LogP contribution is 2.34. The molecule has 1 heterocycles. The maximum absolute atomic E-state index is 6.08. The normalized spacial score (nSPS) is 16.1. The third kappa shape index (κ3) is 4.02. The SMILES string of the molecule is NCC1CCCc2c1c(COc1ccccc1)nn2Cc1ccc(Cl)cc1. The lowest BCUT2D eigenvalue weighted by Crippen LogP contribution is -2.20. The van der Waals surface area contributed by atoms with E-state index in [0.29, 0.717) is 19.1 Å². The summed E-state index contributed by atoms with van der Waals surface area (Å²) in [4.78, 5) is 0. The van der Waals surface area contributed by atoms with Crippen molar-refractivity contribution in [1.29, 1.82) is 0 Å². The molecule has 0 bridgehead atoms. The molecule has 1 aliphatic rings. The maximum Gasteiger partial charge on any atom is 0.132 e. The Balaban J connectivity index is 1.63. The fraction of sp³-hybridized carbons (Fsp3) is 0.318. The Morgan fingerprint density at radius 2 is 1.89 bits per heavy atom. The first-order valence-corrected chi connectivity index (χ1v) is 9.83. The Bertz CT molecular complexity index is 890. The molecule has 0 radical (unpaired) electrons. The predicted octanol–water partition coefficient (Wildman–Crippen LogP) is 4.54. The van der Waals surface area contributed by atoms with Gasteiger partial charge in [-0.05, 0) is 61.6 Å². The molecule has 0 spiro atoms.